The number of pyridine rings is 1. The van der Waals surface area contributed by atoms with E-state index in [-0.39, 0.29) is 12.0 Å². The summed E-state index contributed by atoms with van der Waals surface area (Å²) in [7, 11) is 0. The van der Waals surface area contributed by atoms with Crippen LogP contribution >= 0.6 is 15.9 Å². The molecule has 0 aliphatic rings. The van der Waals surface area contributed by atoms with Crippen molar-refractivity contribution < 1.29 is 5.11 Å². The summed E-state index contributed by atoms with van der Waals surface area (Å²) in [5.41, 5.74) is 1.12. The molecule has 0 radical (unpaired) electrons. The van der Waals surface area contributed by atoms with Crippen molar-refractivity contribution in [2.45, 2.75) is 33.6 Å². The molecule has 1 aromatic heterocycles. The van der Waals surface area contributed by atoms with Gasteiger partial charge in [0.2, 0.25) is 0 Å². The molecule has 2 N–H and O–H groups in total. The van der Waals surface area contributed by atoms with E-state index >= 15 is 0 Å². The van der Waals surface area contributed by atoms with Crippen molar-refractivity contribution in [1.29, 1.82) is 0 Å². The molecular weight excluding hydrogens is 280 g/mol. The van der Waals surface area contributed by atoms with Gasteiger partial charge in [0.15, 0.2) is 0 Å². The van der Waals surface area contributed by atoms with Crippen LogP contribution in [0.1, 0.15) is 32.3 Å². The number of aliphatic hydroxyl groups is 1. The maximum atomic E-state index is 9.49. The first-order valence-corrected chi connectivity index (χ1v) is 6.83. The van der Waals surface area contributed by atoms with Crippen LogP contribution in [-0.4, -0.2) is 23.2 Å². The highest BCUT2D eigenvalue weighted by Gasteiger charge is 2.24. The summed E-state index contributed by atoms with van der Waals surface area (Å²) in [6.45, 7) is 7.23. The first-order chi connectivity index (χ1) is 8.06. The quantitative estimate of drug-likeness (QED) is 0.847. The molecule has 0 saturated carbocycles. The van der Waals surface area contributed by atoms with Crippen molar-refractivity contribution in [3.05, 3.63) is 22.3 Å². The second-order valence-corrected chi connectivity index (χ2v) is 5.39. The van der Waals surface area contributed by atoms with Crippen LogP contribution in [0.15, 0.2) is 16.7 Å². The van der Waals surface area contributed by atoms with Gasteiger partial charge in [-0.15, -0.1) is 0 Å². The fraction of sp³-hybridized carbons (Fsp3) is 0.615. The maximum Gasteiger partial charge on any atom is 0.126 e. The summed E-state index contributed by atoms with van der Waals surface area (Å²) in [6.07, 6.45) is 3.72. The van der Waals surface area contributed by atoms with Crippen LogP contribution in [0.4, 0.5) is 5.82 Å². The number of aromatic nitrogens is 1. The van der Waals surface area contributed by atoms with Gasteiger partial charge in [-0.1, -0.05) is 13.8 Å². The van der Waals surface area contributed by atoms with Crippen LogP contribution in [0.2, 0.25) is 0 Å². The number of nitrogens with one attached hydrogen (secondary N) is 1. The number of anilines is 1. The van der Waals surface area contributed by atoms with E-state index in [1.165, 1.54) is 0 Å². The lowest BCUT2D eigenvalue weighted by atomic mass is 9.83. The Hall–Kier alpha value is -0.610. The van der Waals surface area contributed by atoms with Crippen molar-refractivity contribution in [3.8, 4) is 0 Å². The monoisotopic (exact) mass is 300 g/mol. The zero-order valence-electron chi connectivity index (χ0n) is 10.8. The van der Waals surface area contributed by atoms with Gasteiger partial charge in [-0.3, -0.25) is 0 Å². The number of nitrogens with zero attached hydrogens (tertiary/aromatic N) is 1. The largest absolute Gasteiger partial charge is 0.396 e. The van der Waals surface area contributed by atoms with E-state index < -0.39 is 0 Å². The number of hydrogen-bond donors (Lipinski definition) is 2. The van der Waals surface area contributed by atoms with Gasteiger partial charge in [0.1, 0.15) is 5.82 Å². The molecule has 0 fully saturated rings. The molecule has 0 spiro atoms. The lowest BCUT2D eigenvalue weighted by Crippen LogP contribution is -2.32. The summed E-state index contributed by atoms with van der Waals surface area (Å²) in [5, 5.41) is 12.8. The first-order valence-electron chi connectivity index (χ1n) is 6.04. The van der Waals surface area contributed by atoms with Crippen LogP contribution in [-0.2, 0) is 0 Å². The zero-order valence-corrected chi connectivity index (χ0v) is 12.3. The minimum atomic E-state index is -0.0390. The third kappa shape index (κ3) is 3.68. The van der Waals surface area contributed by atoms with Gasteiger partial charge in [-0.25, -0.2) is 4.98 Å². The van der Waals surface area contributed by atoms with E-state index in [0.717, 1.165) is 35.2 Å². The molecular formula is C13H21BrN2O. The predicted molar refractivity (Wildman–Crippen MR) is 75.3 cm³/mol. The third-order valence-corrected chi connectivity index (χ3v) is 4.36. The molecule has 0 aromatic carbocycles. The molecule has 0 aliphatic heterocycles. The topological polar surface area (TPSA) is 45.1 Å². The van der Waals surface area contributed by atoms with E-state index in [9.17, 15) is 5.11 Å². The Morgan fingerprint density at radius 1 is 1.41 bits per heavy atom. The van der Waals surface area contributed by atoms with E-state index in [1.807, 2.05) is 13.0 Å². The van der Waals surface area contributed by atoms with Crippen LogP contribution in [0.5, 0.6) is 0 Å². The molecule has 0 unspecified atom stereocenters. The van der Waals surface area contributed by atoms with Gasteiger partial charge in [-0.05, 0) is 47.3 Å². The maximum absolute atomic E-state index is 9.49. The summed E-state index contributed by atoms with van der Waals surface area (Å²) >= 11 is 3.43. The normalized spacial score (nSPS) is 11.6. The Kier molecular flexibility index (Phi) is 5.40. The molecule has 96 valence electrons. The fourth-order valence-electron chi connectivity index (χ4n) is 1.69. The van der Waals surface area contributed by atoms with Gasteiger partial charge >= 0.3 is 0 Å². The highest BCUT2D eigenvalue weighted by molar-refractivity contribution is 9.10. The van der Waals surface area contributed by atoms with Crippen LogP contribution in [0, 0.1) is 12.3 Å². The highest BCUT2D eigenvalue weighted by atomic mass is 79.9. The van der Waals surface area contributed by atoms with E-state index in [0.29, 0.717) is 0 Å². The molecule has 1 heterocycles. The lowest BCUT2D eigenvalue weighted by molar-refractivity contribution is 0.127. The van der Waals surface area contributed by atoms with Crippen molar-refractivity contribution in [3.63, 3.8) is 0 Å². The molecule has 0 bridgehead atoms. The summed E-state index contributed by atoms with van der Waals surface area (Å²) in [6, 6.07) is 2.01. The van der Waals surface area contributed by atoms with Gasteiger partial charge in [0.25, 0.3) is 0 Å². The van der Waals surface area contributed by atoms with Gasteiger partial charge < -0.3 is 10.4 Å². The second-order valence-electron chi connectivity index (χ2n) is 4.54. The molecule has 1 aromatic rings. The van der Waals surface area contributed by atoms with Gasteiger partial charge in [-0.2, -0.15) is 0 Å². The number of hydrogen-bond acceptors (Lipinski definition) is 3. The SMILES string of the molecule is CCC(CC)(CO)CNc1cc(C)c(Br)cn1. The summed E-state index contributed by atoms with van der Waals surface area (Å²) in [4.78, 5) is 4.31. The molecule has 4 heteroatoms. The van der Waals surface area contributed by atoms with Crippen molar-refractivity contribution >= 4 is 21.7 Å². The minimum absolute atomic E-state index is 0.0390. The fourth-order valence-corrected chi connectivity index (χ4v) is 1.91. The van der Waals surface area contributed by atoms with Crippen molar-refractivity contribution in [1.82, 2.24) is 4.98 Å². The molecule has 0 amide bonds. The number of aryl methyl sites for hydroxylation is 1. The minimum Gasteiger partial charge on any atom is -0.396 e. The van der Waals surface area contributed by atoms with Crippen molar-refractivity contribution in [2.75, 3.05) is 18.5 Å². The molecule has 0 atom stereocenters. The average Bonchev–Trinajstić information content (AvgIpc) is 2.36. The number of halogens is 1. The van der Waals surface area contributed by atoms with Gasteiger partial charge in [0, 0.05) is 22.6 Å². The van der Waals surface area contributed by atoms with Crippen LogP contribution in [0.25, 0.3) is 0 Å². The summed E-state index contributed by atoms with van der Waals surface area (Å²) in [5.74, 6) is 0.866. The molecule has 0 aliphatic carbocycles. The second kappa shape index (κ2) is 6.36. The van der Waals surface area contributed by atoms with Crippen molar-refractivity contribution in [2.24, 2.45) is 5.41 Å². The average molecular weight is 301 g/mol. The lowest BCUT2D eigenvalue weighted by Gasteiger charge is -2.29. The van der Waals surface area contributed by atoms with E-state index in [4.69, 9.17) is 0 Å². The Balaban J connectivity index is 2.68. The smallest absolute Gasteiger partial charge is 0.126 e. The predicted octanol–water partition coefficient (Wildman–Crippen LogP) is 3.36. The van der Waals surface area contributed by atoms with Crippen LogP contribution in [0.3, 0.4) is 0 Å². The number of aliphatic hydroxyl groups excluding tert-OH is 1. The Labute approximate surface area is 112 Å². The molecule has 1 rings (SSSR count). The Bertz CT molecular complexity index is 356. The van der Waals surface area contributed by atoms with Crippen LogP contribution < -0.4 is 5.32 Å². The van der Waals surface area contributed by atoms with E-state index in [1.54, 1.807) is 6.20 Å². The Morgan fingerprint density at radius 2 is 2.06 bits per heavy atom. The summed E-state index contributed by atoms with van der Waals surface area (Å²) < 4.78 is 1.02. The number of rotatable bonds is 6. The standard InChI is InChI=1S/C13H21BrN2O/c1-4-13(5-2,9-17)8-16-12-6-10(3)11(14)7-15-12/h6-7,17H,4-5,8-9H2,1-3H3,(H,15,16). The molecule has 0 saturated heterocycles. The Morgan fingerprint density at radius 3 is 2.53 bits per heavy atom. The van der Waals surface area contributed by atoms with E-state index in [2.05, 4.69) is 40.1 Å². The van der Waals surface area contributed by atoms with Gasteiger partial charge in [0.05, 0.1) is 6.61 Å². The third-order valence-electron chi connectivity index (χ3n) is 3.53. The molecule has 3 nitrogen and oxygen atoms in total. The highest BCUT2D eigenvalue weighted by Crippen LogP contribution is 2.26. The molecule has 17 heavy (non-hydrogen) atoms. The first kappa shape index (κ1) is 14.5. The zero-order chi connectivity index (χ0) is 12.9.